The molecule has 1 aromatic heterocycles. The van der Waals surface area contributed by atoms with Crippen molar-refractivity contribution >= 4 is 21.6 Å². The van der Waals surface area contributed by atoms with Crippen LogP contribution >= 0.6 is 0 Å². The summed E-state index contributed by atoms with van der Waals surface area (Å²) in [6.07, 6.45) is 1.74. The molecule has 7 nitrogen and oxygen atoms in total. The predicted octanol–water partition coefficient (Wildman–Crippen LogP) is 2.77. The summed E-state index contributed by atoms with van der Waals surface area (Å²) in [5.41, 5.74) is 1.38. The highest BCUT2D eigenvalue weighted by molar-refractivity contribution is 7.89. The Morgan fingerprint density at radius 3 is 2.56 bits per heavy atom. The van der Waals surface area contributed by atoms with Crippen LogP contribution in [0, 0.1) is 6.92 Å². The molecule has 1 saturated heterocycles. The Balaban J connectivity index is 1.91. The van der Waals surface area contributed by atoms with Crippen molar-refractivity contribution in [3.8, 4) is 5.75 Å². The number of para-hydroxylation sites is 2. The lowest BCUT2D eigenvalue weighted by Crippen LogP contribution is -2.28. The van der Waals surface area contributed by atoms with Crippen molar-refractivity contribution in [2.24, 2.45) is 7.05 Å². The van der Waals surface area contributed by atoms with E-state index in [0.717, 1.165) is 12.8 Å². The van der Waals surface area contributed by atoms with E-state index in [1.807, 2.05) is 13.0 Å². The molecule has 146 valence electrons. The number of sulfonamides is 1. The second-order valence-corrected chi connectivity index (χ2v) is 8.44. The molecule has 1 N–H and O–H groups in total. The highest BCUT2D eigenvalue weighted by atomic mass is 32.2. The summed E-state index contributed by atoms with van der Waals surface area (Å²) in [5.74, 6) is 0.194. The summed E-state index contributed by atoms with van der Waals surface area (Å²) in [6.45, 7) is 5.12. The molecule has 0 saturated carbocycles. The van der Waals surface area contributed by atoms with Crippen LogP contribution in [0.25, 0.3) is 0 Å². The Morgan fingerprint density at radius 2 is 1.89 bits per heavy atom. The molecule has 8 heteroatoms. The predicted molar refractivity (Wildman–Crippen MR) is 104 cm³/mol. The van der Waals surface area contributed by atoms with Gasteiger partial charge in [0, 0.05) is 25.8 Å². The van der Waals surface area contributed by atoms with E-state index in [9.17, 15) is 13.2 Å². The maximum atomic E-state index is 12.9. The van der Waals surface area contributed by atoms with Crippen molar-refractivity contribution in [2.75, 3.05) is 25.0 Å². The maximum absolute atomic E-state index is 12.9. The minimum absolute atomic E-state index is 0.190. The fraction of sp³-hybridized carbons (Fsp3) is 0.421. The van der Waals surface area contributed by atoms with E-state index in [1.54, 1.807) is 36.7 Å². The van der Waals surface area contributed by atoms with Crippen LogP contribution in [0.3, 0.4) is 0 Å². The summed E-state index contributed by atoms with van der Waals surface area (Å²) in [5, 5.41) is 2.82. The number of amides is 1. The molecule has 0 radical (unpaired) electrons. The van der Waals surface area contributed by atoms with E-state index < -0.39 is 10.0 Å². The third-order valence-corrected chi connectivity index (χ3v) is 6.85. The topological polar surface area (TPSA) is 80.6 Å². The Hall–Kier alpha value is -2.32. The number of rotatable bonds is 6. The van der Waals surface area contributed by atoms with Crippen LogP contribution in [0.4, 0.5) is 5.69 Å². The SMILES string of the molecule is CCOc1ccccc1NC(=O)c1cc(S(=O)(=O)N2CCCC2)c(C)n1C. The Labute approximate surface area is 160 Å². The zero-order valence-corrected chi connectivity index (χ0v) is 16.7. The van der Waals surface area contributed by atoms with E-state index >= 15 is 0 Å². The van der Waals surface area contributed by atoms with Gasteiger partial charge >= 0.3 is 0 Å². The zero-order chi connectivity index (χ0) is 19.6. The summed E-state index contributed by atoms with van der Waals surface area (Å²) in [4.78, 5) is 13.0. The van der Waals surface area contributed by atoms with Crippen LogP contribution in [-0.4, -0.2) is 42.9 Å². The Kier molecular flexibility index (Phi) is 5.57. The monoisotopic (exact) mass is 391 g/mol. The van der Waals surface area contributed by atoms with Crippen LogP contribution in [0.2, 0.25) is 0 Å². The van der Waals surface area contributed by atoms with Gasteiger partial charge in [-0.15, -0.1) is 0 Å². The quantitative estimate of drug-likeness (QED) is 0.821. The lowest BCUT2D eigenvalue weighted by Gasteiger charge is -2.15. The molecule has 0 bridgehead atoms. The van der Waals surface area contributed by atoms with Gasteiger partial charge in [0.25, 0.3) is 5.91 Å². The van der Waals surface area contributed by atoms with Crippen molar-refractivity contribution in [3.05, 3.63) is 41.7 Å². The average molecular weight is 391 g/mol. The second kappa shape index (κ2) is 7.74. The minimum atomic E-state index is -3.59. The molecule has 1 aliphatic heterocycles. The molecule has 0 aliphatic carbocycles. The first-order valence-corrected chi connectivity index (χ1v) is 10.5. The van der Waals surface area contributed by atoms with Crippen LogP contribution in [-0.2, 0) is 17.1 Å². The normalized spacial score (nSPS) is 15.1. The number of nitrogens with one attached hydrogen (secondary N) is 1. The van der Waals surface area contributed by atoms with Gasteiger partial charge in [-0.2, -0.15) is 4.31 Å². The van der Waals surface area contributed by atoms with Crippen molar-refractivity contribution in [2.45, 2.75) is 31.6 Å². The number of anilines is 1. The standard InChI is InChI=1S/C19H25N3O4S/c1-4-26-17-10-6-5-9-15(17)20-19(23)16-13-18(14(2)21(16)3)27(24,25)22-11-7-8-12-22/h5-6,9-10,13H,4,7-8,11-12H2,1-3H3,(H,20,23). The average Bonchev–Trinajstić information content (AvgIpc) is 3.27. The molecular formula is C19H25N3O4S. The molecule has 2 heterocycles. The molecule has 1 aliphatic rings. The molecule has 0 spiro atoms. The van der Waals surface area contributed by atoms with Crippen molar-refractivity contribution in [3.63, 3.8) is 0 Å². The van der Waals surface area contributed by atoms with Crippen LogP contribution < -0.4 is 10.1 Å². The molecule has 0 atom stereocenters. The Morgan fingerprint density at radius 1 is 1.22 bits per heavy atom. The lowest BCUT2D eigenvalue weighted by molar-refractivity contribution is 0.101. The third-order valence-electron chi connectivity index (χ3n) is 4.84. The van der Waals surface area contributed by atoms with Gasteiger partial charge in [0.05, 0.1) is 12.3 Å². The van der Waals surface area contributed by atoms with Gasteiger partial charge in [-0.1, -0.05) is 12.1 Å². The minimum Gasteiger partial charge on any atom is -0.492 e. The first-order valence-electron chi connectivity index (χ1n) is 9.06. The number of benzene rings is 1. The van der Waals surface area contributed by atoms with E-state index in [4.69, 9.17) is 4.74 Å². The first kappa shape index (κ1) is 19.4. The smallest absolute Gasteiger partial charge is 0.272 e. The number of carbonyl (C=O) groups is 1. The van der Waals surface area contributed by atoms with Crippen molar-refractivity contribution < 1.29 is 17.9 Å². The fourth-order valence-electron chi connectivity index (χ4n) is 3.26. The largest absolute Gasteiger partial charge is 0.492 e. The number of hydrogen-bond acceptors (Lipinski definition) is 4. The van der Waals surface area contributed by atoms with Gasteiger partial charge in [-0.3, -0.25) is 4.79 Å². The number of hydrogen-bond donors (Lipinski definition) is 1. The van der Waals surface area contributed by atoms with Gasteiger partial charge in [0.1, 0.15) is 16.3 Å². The van der Waals surface area contributed by atoms with Crippen LogP contribution in [0.1, 0.15) is 35.9 Å². The van der Waals surface area contributed by atoms with Gasteiger partial charge in [0.15, 0.2) is 0 Å². The van der Waals surface area contributed by atoms with Gasteiger partial charge in [-0.05, 0) is 44.9 Å². The molecule has 1 amide bonds. The molecule has 0 unspecified atom stereocenters. The maximum Gasteiger partial charge on any atom is 0.272 e. The summed E-state index contributed by atoms with van der Waals surface area (Å²) in [7, 11) is -1.89. The summed E-state index contributed by atoms with van der Waals surface area (Å²) in [6, 6.07) is 8.62. The van der Waals surface area contributed by atoms with Gasteiger partial charge in [-0.25, -0.2) is 8.42 Å². The summed E-state index contributed by atoms with van der Waals surface area (Å²) < 4.78 is 34.4. The number of carbonyl (C=O) groups excluding carboxylic acids is 1. The van der Waals surface area contributed by atoms with E-state index in [1.165, 1.54) is 10.4 Å². The van der Waals surface area contributed by atoms with Gasteiger partial charge in [0.2, 0.25) is 10.0 Å². The number of ether oxygens (including phenoxy) is 1. The van der Waals surface area contributed by atoms with Crippen LogP contribution in [0.15, 0.2) is 35.2 Å². The molecular weight excluding hydrogens is 366 g/mol. The van der Waals surface area contributed by atoms with Gasteiger partial charge < -0.3 is 14.6 Å². The molecule has 3 rings (SSSR count). The Bertz CT molecular complexity index is 944. The summed E-state index contributed by atoms with van der Waals surface area (Å²) >= 11 is 0. The van der Waals surface area contributed by atoms with Crippen molar-refractivity contribution in [1.82, 2.24) is 8.87 Å². The fourth-order valence-corrected chi connectivity index (χ4v) is 5.04. The van der Waals surface area contributed by atoms with Crippen LogP contribution in [0.5, 0.6) is 5.75 Å². The molecule has 1 fully saturated rings. The highest BCUT2D eigenvalue weighted by Gasteiger charge is 2.31. The first-order chi connectivity index (χ1) is 12.9. The highest BCUT2D eigenvalue weighted by Crippen LogP contribution is 2.28. The molecule has 2 aromatic rings. The molecule has 1 aromatic carbocycles. The third kappa shape index (κ3) is 3.72. The molecule has 27 heavy (non-hydrogen) atoms. The van der Waals surface area contributed by atoms with E-state index in [-0.39, 0.29) is 16.5 Å². The van der Waals surface area contributed by atoms with E-state index in [2.05, 4.69) is 5.32 Å². The lowest BCUT2D eigenvalue weighted by atomic mass is 10.2. The van der Waals surface area contributed by atoms with Crippen molar-refractivity contribution in [1.29, 1.82) is 0 Å². The van der Waals surface area contributed by atoms with E-state index in [0.29, 0.717) is 36.8 Å². The number of nitrogens with zero attached hydrogens (tertiary/aromatic N) is 2. The number of aromatic nitrogens is 1. The second-order valence-electron chi connectivity index (χ2n) is 6.53. The zero-order valence-electron chi connectivity index (χ0n) is 15.9.